The molecule has 0 aliphatic heterocycles. The largest absolute Gasteiger partial charge is 0.396 e. The number of hydrogen-bond acceptors (Lipinski definition) is 3. The molecule has 9 atom stereocenters. The molecule has 0 amide bonds. The van der Waals surface area contributed by atoms with Gasteiger partial charge in [0.05, 0.1) is 6.10 Å². The number of unbranched alkanes of at least 4 members (excludes halogenated alkanes) is 11. The highest BCUT2D eigenvalue weighted by Gasteiger charge is 2.60. The topological polar surface area (TPSA) is 38.7 Å². The van der Waals surface area contributed by atoms with Gasteiger partial charge in [-0.3, -0.25) is 0 Å². The van der Waals surface area contributed by atoms with Gasteiger partial charge in [0.15, 0.2) is 0 Å². The minimum absolute atomic E-state index is 0.352. The van der Waals surface area contributed by atoms with Crippen LogP contribution in [0, 0.1) is 46.3 Å². The number of fused-ring (bicyclic) bond motifs is 5. The standard InChI is InChI=1S/C42H76F2O3/c1-32(19-18-30-47-40(2,3)39(43)44)36-22-23-37-35-21-20-33-31-34(24-26-41(33,4)38(35)25-27-42(36,37)5)46-29-17-15-13-11-9-7-6-8-10-12-14-16-28-45/h32-39,45H,6-31H2,1-5H3/t32-,33-,34-,35+,36-,37+,38+,41+,42-/m1/s1. The van der Waals surface area contributed by atoms with E-state index in [9.17, 15) is 8.78 Å². The molecule has 4 rings (SSSR count). The van der Waals surface area contributed by atoms with Crippen LogP contribution in [0.5, 0.6) is 0 Å². The highest BCUT2D eigenvalue weighted by molar-refractivity contribution is 5.09. The molecular formula is C42H76F2O3. The van der Waals surface area contributed by atoms with Crippen LogP contribution in [0.3, 0.4) is 0 Å². The summed E-state index contributed by atoms with van der Waals surface area (Å²) in [7, 11) is 0. The van der Waals surface area contributed by atoms with Crippen LogP contribution >= 0.6 is 0 Å². The van der Waals surface area contributed by atoms with Crippen molar-refractivity contribution in [2.45, 2.75) is 200 Å². The number of aliphatic hydroxyl groups is 1. The molecule has 0 aromatic carbocycles. The lowest BCUT2D eigenvalue weighted by Crippen LogP contribution is -2.54. The Labute approximate surface area is 289 Å². The molecule has 47 heavy (non-hydrogen) atoms. The summed E-state index contributed by atoms with van der Waals surface area (Å²) in [6, 6.07) is 0. The Kier molecular flexibility index (Phi) is 15.8. The monoisotopic (exact) mass is 667 g/mol. The van der Waals surface area contributed by atoms with Crippen molar-refractivity contribution in [3.05, 3.63) is 0 Å². The third kappa shape index (κ3) is 10.4. The average molecular weight is 667 g/mol. The predicted molar refractivity (Wildman–Crippen MR) is 192 cm³/mol. The maximum Gasteiger partial charge on any atom is 0.266 e. The summed E-state index contributed by atoms with van der Waals surface area (Å²) < 4.78 is 38.5. The quantitative estimate of drug-likeness (QED) is 0.117. The molecule has 276 valence electrons. The molecule has 4 fully saturated rings. The lowest BCUT2D eigenvalue weighted by atomic mass is 9.44. The van der Waals surface area contributed by atoms with Crippen LogP contribution in [0.4, 0.5) is 8.78 Å². The van der Waals surface area contributed by atoms with Crippen molar-refractivity contribution in [2.75, 3.05) is 19.8 Å². The van der Waals surface area contributed by atoms with Gasteiger partial charge in [0.2, 0.25) is 0 Å². The van der Waals surface area contributed by atoms with Gasteiger partial charge >= 0.3 is 0 Å². The maximum absolute atomic E-state index is 13.2. The zero-order chi connectivity index (χ0) is 33.9. The fraction of sp³-hybridized carbons (Fsp3) is 1.00. The van der Waals surface area contributed by atoms with Gasteiger partial charge in [-0.2, -0.15) is 0 Å². The van der Waals surface area contributed by atoms with Gasteiger partial charge in [0.25, 0.3) is 6.43 Å². The molecule has 0 bridgehead atoms. The number of hydrogen-bond donors (Lipinski definition) is 1. The van der Waals surface area contributed by atoms with Crippen LogP contribution in [0.15, 0.2) is 0 Å². The van der Waals surface area contributed by atoms with Gasteiger partial charge in [-0.15, -0.1) is 0 Å². The molecule has 1 N–H and O–H groups in total. The minimum Gasteiger partial charge on any atom is -0.396 e. The van der Waals surface area contributed by atoms with Gasteiger partial charge in [0.1, 0.15) is 5.60 Å². The smallest absolute Gasteiger partial charge is 0.266 e. The lowest BCUT2D eigenvalue weighted by molar-refractivity contribution is -0.137. The van der Waals surface area contributed by atoms with Crippen molar-refractivity contribution in [3.63, 3.8) is 0 Å². The second kappa shape index (κ2) is 18.8. The van der Waals surface area contributed by atoms with E-state index in [1.807, 2.05) is 0 Å². The Bertz CT molecular complexity index is 880. The average Bonchev–Trinajstić information content (AvgIpc) is 3.40. The first-order chi connectivity index (χ1) is 22.5. The molecule has 0 saturated heterocycles. The van der Waals surface area contributed by atoms with E-state index in [-0.39, 0.29) is 0 Å². The highest BCUT2D eigenvalue weighted by Crippen LogP contribution is 2.68. The molecule has 0 unspecified atom stereocenters. The van der Waals surface area contributed by atoms with Crippen molar-refractivity contribution >= 4 is 0 Å². The normalized spacial score (nSPS) is 34.7. The summed E-state index contributed by atoms with van der Waals surface area (Å²) in [6.07, 6.45) is 28.0. The highest BCUT2D eigenvalue weighted by atomic mass is 19.3. The first kappa shape index (κ1) is 39.5. The van der Waals surface area contributed by atoms with Gasteiger partial charge in [-0.1, -0.05) is 85.0 Å². The molecule has 5 heteroatoms. The summed E-state index contributed by atoms with van der Waals surface area (Å²) in [6.45, 7) is 12.5. The van der Waals surface area contributed by atoms with Crippen LogP contribution in [0.25, 0.3) is 0 Å². The Morgan fingerprint density at radius 2 is 1.30 bits per heavy atom. The Balaban J connectivity index is 1.12. The molecule has 4 aliphatic rings. The molecule has 0 radical (unpaired) electrons. The first-order valence-electron chi connectivity index (χ1n) is 20.7. The van der Waals surface area contributed by atoms with E-state index in [4.69, 9.17) is 14.6 Å². The Morgan fingerprint density at radius 3 is 1.94 bits per heavy atom. The second-order valence-corrected chi connectivity index (χ2v) is 18.0. The molecule has 0 aromatic heterocycles. The van der Waals surface area contributed by atoms with Gasteiger partial charge in [-0.05, 0) is 144 Å². The zero-order valence-electron chi connectivity index (χ0n) is 31.5. The van der Waals surface area contributed by atoms with Crippen LogP contribution in [-0.4, -0.2) is 43.1 Å². The van der Waals surface area contributed by atoms with Crippen molar-refractivity contribution in [2.24, 2.45) is 46.3 Å². The van der Waals surface area contributed by atoms with Crippen molar-refractivity contribution in [1.29, 1.82) is 0 Å². The number of ether oxygens (including phenoxy) is 2. The van der Waals surface area contributed by atoms with Crippen LogP contribution < -0.4 is 0 Å². The van der Waals surface area contributed by atoms with Crippen LogP contribution in [0.1, 0.15) is 182 Å². The summed E-state index contributed by atoms with van der Waals surface area (Å²) in [5.41, 5.74) is -0.385. The number of halogens is 2. The van der Waals surface area contributed by atoms with E-state index < -0.39 is 12.0 Å². The van der Waals surface area contributed by atoms with E-state index in [1.165, 1.54) is 142 Å². The fourth-order valence-electron chi connectivity index (χ4n) is 11.6. The molecule has 3 nitrogen and oxygen atoms in total. The number of rotatable bonds is 22. The molecule has 4 aliphatic carbocycles. The van der Waals surface area contributed by atoms with Crippen molar-refractivity contribution in [1.82, 2.24) is 0 Å². The number of aliphatic hydroxyl groups excluding tert-OH is 1. The van der Waals surface area contributed by atoms with Crippen molar-refractivity contribution in [3.8, 4) is 0 Å². The first-order valence-corrected chi connectivity index (χ1v) is 20.7. The van der Waals surface area contributed by atoms with Gasteiger partial charge in [-0.25, -0.2) is 8.78 Å². The molecular weight excluding hydrogens is 590 g/mol. The summed E-state index contributed by atoms with van der Waals surface area (Å²) in [4.78, 5) is 0. The Hall–Kier alpha value is -0.260. The maximum atomic E-state index is 13.2. The summed E-state index contributed by atoms with van der Waals surface area (Å²) in [5.74, 6) is 4.92. The molecule has 4 saturated carbocycles. The second-order valence-electron chi connectivity index (χ2n) is 18.0. The van der Waals surface area contributed by atoms with E-state index >= 15 is 0 Å². The number of alkyl halides is 2. The molecule has 0 heterocycles. The van der Waals surface area contributed by atoms with Crippen molar-refractivity contribution < 1.29 is 23.4 Å². The Morgan fingerprint density at radius 1 is 0.702 bits per heavy atom. The fourth-order valence-corrected chi connectivity index (χ4v) is 11.6. The molecule has 0 aromatic rings. The summed E-state index contributed by atoms with van der Waals surface area (Å²) >= 11 is 0. The third-order valence-electron chi connectivity index (χ3n) is 14.6. The summed E-state index contributed by atoms with van der Waals surface area (Å²) in [5, 5.41) is 8.86. The predicted octanol–water partition coefficient (Wildman–Crippen LogP) is 12.2. The van der Waals surface area contributed by atoms with E-state index in [0.717, 1.165) is 55.5 Å². The van der Waals surface area contributed by atoms with Crippen LogP contribution in [0.2, 0.25) is 0 Å². The zero-order valence-corrected chi connectivity index (χ0v) is 31.5. The molecule has 0 spiro atoms. The van der Waals surface area contributed by atoms with Crippen LogP contribution in [-0.2, 0) is 9.47 Å². The van der Waals surface area contributed by atoms with E-state index in [0.29, 0.717) is 36.1 Å². The lowest BCUT2D eigenvalue weighted by Gasteiger charge is -2.61. The van der Waals surface area contributed by atoms with E-state index in [2.05, 4.69) is 20.8 Å². The minimum atomic E-state index is -2.44. The van der Waals surface area contributed by atoms with Gasteiger partial charge < -0.3 is 14.6 Å². The van der Waals surface area contributed by atoms with E-state index in [1.54, 1.807) is 0 Å². The third-order valence-corrected chi connectivity index (χ3v) is 14.6. The SMILES string of the molecule is C[C@H](CCCOC(C)(C)C(F)F)[C@H]1CC[C@H]2[C@@H]3CC[C@@H]4C[C@H](OCCCCCCCCCCCCCCO)CC[C@]4(C)[C@H]3CC[C@]12C. The van der Waals surface area contributed by atoms with Gasteiger partial charge in [0, 0.05) is 19.8 Å².